The molecule has 1 amide bonds. The number of halogens is 1. The third-order valence-corrected chi connectivity index (χ3v) is 2.51. The molecule has 0 saturated heterocycles. The fourth-order valence-electron chi connectivity index (χ4n) is 1.33. The minimum absolute atomic E-state index is 0.102. The molecule has 1 rings (SSSR count). The van der Waals surface area contributed by atoms with E-state index in [0.29, 0.717) is 36.1 Å². The van der Waals surface area contributed by atoms with Gasteiger partial charge in [0, 0.05) is 12.8 Å². The lowest BCUT2D eigenvalue weighted by molar-refractivity contribution is -0.117. The molecule has 0 aromatic heterocycles. The summed E-state index contributed by atoms with van der Waals surface area (Å²) in [4.78, 5) is 11.5. The molecule has 18 heavy (non-hydrogen) atoms. The second kappa shape index (κ2) is 7.95. The first-order valence-corrected chi connectivity index (χ1v) is 6.26. The van der Waals surface area contributed by atoms with Gasteiger partial charge in [0.2, 0.25) is 5.91 Å². The largest absolute Gasteiger partial charge is 0.492 e. The van der Waals surface area contributed by atoms with Gasteiger partial charge in [-0.05, 0) is 24.6 Å². The van der Waals surface area contributed by atoms with Crippen molar-refractivity contribution in [2.75, 3.05) is 25.6 Å². The van der Waals surface area contributed by atoms with Gasteiger partial charge in [-0.15, -0.1) is 0 Å². The molecule has 0 fully saturated rings. The number of anilines is 1. The van der Waals surface area contributed by atoms with Crippen molar-refractivity contribution >= 4 is 23.2 Å². The van der Waals surface area contributed by atoms with Crippen LogP contribution in [0.25, 0.3) is 0 Å². The van der Waals surface area contributed by atoms with Gasteiger partial charge in [0.05, 0.1) is 24.7 Å². The van der Waals surface area contributed by atoms with Crippen LogP contribution >= 0.6 is 11.6 Å². The lowest BCUT2D eigenvalue weighted by atomic mass is 10.3. The van der Waals surface area contributed by atoms with E-state index in [9.17, 15) is 4.79 Å². The number of benzene rings is 1. The number of methoxy groups -OCH3 is 1. The maximum absolute atomic E-state index is 11.5. The SMILES string of the molecule is CCCOc1ccc(NC(=O)CCOC)cc1Cl. The minimum atomic E-state index is -0.102. The van der Waals surface area contributed by atoms with E-state index < -0.39 is 0 Å². The van der Waals surface area contributed by atoms with E-state index in [-0.39, 0.29) is 5.91 Å². The monoisotopic (exact) mass is 271 g/mol. The van der Waals surface area contributed by atoms with Crippen molar-refractivity contribution in [1.29, 1.82) is 0 Å². The van der Waals surface area contributed by atoms with Crippen LogP contribution in [0.5, 0.6) is 5.75 Å². The molecule has 1 aromatic rings. The summed E-state index contributed by atoms with van der Waals surface area (Å²) in [6.07, 6.45) is 1.24. The third kappa shape index (κ3) is 4.94. The van der Waals surface area contributed by atoms with Gasteiger partial charge in [0.15, 0.2) is 0 Å². The van der Waals surface area contributed by atoms with E-state index in [2.05, 4.69) is 5.32 Å². The molecule has 0 heterocycles. The number of hydrogen-bond donors (Lipinski definition) is 1. The second-order valence-corrected chi connectivity index (χ2v) is 4.19. The summed E-state index contributed by atoms with van der Waals surface area (Å²) in [5.41, 5.74) is 0.657. The first kappa shape index (κ1) is 14.8. The zero-order valence-corrected chi connectivity index (χ0v) is 11.4. The average molecular weight is 272 g/mol. The van der Waals surface area contributed by atoms with Gasteiger partial charge in [0.1, 0.15) is 5.75 Å². The zero-order chi connectivity index (χ0) is 13.4. The predicted molar refractivity (Wildman–Crippen MR) is 72.4 cm³/mol. The molecule has 1 N–H and O–H groups in total. The Morgan fingerprint density at radius 1 is 1.39 bits per heavy atom. The summed E-state index contributed by atoms with van der Waals surface area (Å²) < 4.78 is 10.3. The van der Waals surface area contributed by atoms with E-state index in [1.54, 1.807) is 25.3 Å². The summed E-state index contributed by atoms with van der Waals surface area (Å²) >= 11 is 6.05. The Morgan fingerprint density at radius 2 is 2.17 bits per heavy atom. The van der Waals surface area contributed by atoms with Gasteiger partial charge in [-0.25, -0.2) is 0 Å². The average Bonchev–Trinajstić information content (AvgIpc) is 2.35. The van der Waals surface area contributed by atoms with Crippen molar-refractivity contribution in [3.05, 3.63) is 23.2 Å². The molecule has 4 nitrogen and oxygen atoms in total. The molecular formula is C13H18ClNO3. The first-order valence-electron chi connectivity index (χ1n) is 5.88. The van der Waals surface area contributed by atoms with E-state index in [0.717, 1.165) is 6.42 Å². The van der Waals surface area contributed by atoms with Crippen molar-refractivity contribution in [2.24, 2.45) is 0 Å². The molecule has 100 valence electrons. The molecular weight excluding hydrogens is 254 g/mol. The van der Waals surface area contributed by atoms with Crippen LogP contribution in [0.2, 0.25) is 5.02 Å². The van der Waals surface area contributed by atoms with Gasteiger partial charge < -0.3 is 14.8 Å². The van der Waals surface area contributed by atoms with Gasteiger partial charge in [0.25, 0.3) is 0 Å². The third-order valence-electron chi connectivity index (χ3n) is 2.21. The molecule has 0 radical (unpaired) electrons. The molecule has 0 spiro atoms. The van der Waals surface area contributed by atoms with Gasteiger partial charge in [-0.3, -0.25) is 4.79 Å². The number of nitrogens with one attached hydrogen (secondary N) is 1. The van der Waals surface area contributed by atoms with Crippen molar-refractivity contribution in [1.82, 2.24) is 0 Å². The van der Waals surface area contributed by atoms with Crippen molar-refractivity contribution in [2.45, 2.75) is 19.8 Å². The fourth-order valence-corrected chi connectivity index (χ4v) is 1.56. The summed E-state index contributed by atoms with van der Waals surface area (Å²) in [6, 6.07) is 5.20. The Morgan fingerprint density at radius 3 is 2.78 bits per heavy atom. The highest BCUT2D eigenvalue weighted by atomic mass is 35.5. The Hall–Kier alpha value is -1.26. The van der Waals surface area contributed by atoms with E-state index >= 15 is 0 Å². The highest BCUT2D eigenvalue weighted by Gasteiger charge is 2.06. The molecule has 1 aromatic carbocycles. The second-order valence-electron chi connectivity index (χ2n) is 3.78. The zero-order valence-electron chi connectivity index (χ0n) is 10.7. The Labute approximate surface area is 112 Å². The molecule has 0 unspecified atom stereocenters. The molecule has 0 saturated carbocycles. The van der Waals surface area contributed by atoms with Gasteiger partial charge in [-0.1, -0.05) is 18.5 Å². The molecule has 0 aliphatic carbocycles. The van der Waals surface area contributed by atoms with Crippen LogP contribution in [-0.2, 0) is 9.53 Å². The van der Waals surface area contributed by atoms with Crippen LogP contribution in [0.4, 0.5) is 5.69 Å². The minimum Gasteiger partial charge on any atom is -0.492 e. The maximum Gasteiger partial charge on any atom is 0.226 e. The van der Waals surface area contributed by atoms with E-state index in [4.69, 9.17) is 21.1 Å². The van der Waals surface area contributed by atoms with Crippen LogP contribution < -0.4 is 10.1 Å². The topological polar surface area (TPSA) is 47.6 Å². The van der Waals surface area contributed by atoms with Crippen LogP contribution in [-0.4, -0.2) is 26.2 Å². The number of carbonyl (C=O) groups is 1. The summed E-state index contributed by atoms with van der Waals surface area (Å²) in [6.45, 7) is 3.05. The van der Waals surface area contributed by atoms with Gasteiger partial charge >= 0.3 is 0 Å². The van der Waals surface area contributed by atoms with Crippen LogP contribution in [0.3, 0.4) is 0 Å². The molecule has 0 bridgehead atoms. The van der Waals surface area contributed by atoms with Crippen LogP contribution in [0.15, 0.2) is 18.2 Å². The van der Waals surface area contributed by atoms with Crippen molar-refractivity contribution in [3.8, 4) is 5.75 Å². The molecule has 0 atom stereocenters. The summed E-state index contributed by atoms with van der Waals surface area (Å²) in [7, 11) is 1.56. The number of amides is 1. The predicted octanol–water partition coefficient (Wildman–Crippen LogP) is 3.10. The number of ether oxygens (including phenoxy) is 2. The lowest BCUT2D eigenvalue weighted by Gasteiger charge is -2.09. The highest BCUT2D eigenvalue weighted by molar-refractivity contribution is 6.32. The molecule has 0 aliphatic heterocycles. The van der Waals surface area contributed by atoms with Crippen molar-refractivity contribution < 1.29 is 14.3 Å². The standard InChI is InChI=1S/C13H18ClNO3/c1-3-7-18-12-5-4-10(9-11(12)14)15-13(16)6-8-17-2/h4-5,9H,3,6-8H2,1-2H3,(H,15,16). The van der Waals surface area contributed by atoms with Crippen molar-refractivity contribution in [3.63, 3.8) is 0 Å². The normalized spacial score (nSPS) is 10.2. The summed E-state index contributed by atoms with van der Waals surface area (Å²) in [5.74, 6) is 0.531. The number of carbonyl (C=O) groups excluding carboxylic acids is 1. The fraction of sp³-hybridized carbons (Fsp3) is 0.462. The summed E-state index contributed by atoms with van der Waals surface area (Å²) in [5, 5.41) is 3.24. The highest BCUT2D eigenvalue weighted by Crippen LogP contribution is 2.27. The maximum atomic E-state index is 11.5. The quantitative estimate of drug-likeness (QED) is 0.829. The Bertz CT molecular complexity index is 396. The molecule has 5 heteroatoms. The van der Waals surface area contributed by atoms with Crippen LogP contribution in [0.1, 0.15) is 19.8 Å². The molecule has 0 aliphatic rings. The lowest BCUT2D eigenvalue weighted by Crippen LogP contribution is -2.13. The number of rotatable bonds is 7. The number of hydrogen-bond acceptors (Lipinski definition) is 3. The Balaban J connectivity index is 2.58. The first-order chi connectivity index (χ1) is 8.67. The van der Waals surface area contributed by atoms with E-state index in [1.165, 1.54) is 0 Å². The van der Waals surface area contributed by atoms with Gasteiger partial charge in [-0.2, -0.15) is 0 Å². The smallest absolute Gasteiger partial charge is 0.226 e. The Kier molecular flexibility index (Phi) is 6.54. The van der Waals surface area contributed by atoms with Crippen LogP contribution in [0, 0.1) is 0 Å². The van der Waals surface area contributed by atoms with E-state index in [1.807, 2.05) is 6.92 Å².